The Hall–Kier alpha value is -0.600. The highest BCUT2D eigenvalue weighted by Gasteiger charge is 2.69. The van der Waals surface area contributed by atoms with Crippen molar-refractivity contribution in [3.05, 3.63) is 0 Å². The van der Waals surface area contributed by atoms with Crippen LogP contribution < -0.4 is 0 Å². The summed E-state index contributed by atoms with van der Waals surface area (Å²) < 4.78 is 114. The molecular weight excluding hydrogens is 360 g/mol. The summed E-state index contributed by atoms with van der Waals surface area (Å²) in [6.45, 7) is 0. The number of halogens is 8. The van der Waals surface area contributed by atoms with Gasteiger partial charge in [0, 0.05) is 0 Å². The van der Waals surface area contributed by atoms with E-state index in [9.17, 15) is 35.1 Å². The van der Waals surface area contributed by atoms with Crippen LogP contribution in [0.1, 0.15) is 64.2 Å². The minimum atomic E-state index is -4.68. The van der Waals surface area contributed by atoms with Gasteiger partial charge in [-0.25, -0.2) is 17.6 Å². The van der Waals surface area contributed by atoms with Gasteiger partial charge in [0.25, 0.3) is 0 Å². The predicted molar refractivity (Wildman–Crippen MR) is 74.6 cm³/mol. The van der Waals surface area contributed by atoms with Crippen molar-refractivity contribution < 1.29 is 39.9 Å². The molecule has 2 rings (SSSR count). The second-order valence-electron chi connectivity index (χ2n) is 7.06. The molecule has 0 spiro atoms. The minimum absolute atomic E-state index is 0.0959. The van der Waals surface area contributed by atoms with Crippen LogP contribution in [-0.4, -0.2) is 35.9 Å². The quantitative estimate of drug-likeness (QED) is 0.496. The monoisotopic (exact) mass is 382 g/mol. The van der Waals surface area contributed by atoms with E-state index in [4.69, 9.17) is 4.74 Å². The molecule has 0 saturated heterocycles. The maximum Gasteiger partial charge on any atom is 0.335 e. The van der Waals surface area contributed by atoms with E-state index in [-0.39, 0.29) is 25.7 Å². The molecule has 0 amide bonds. The molecule has 9 heteroatoms. The third kappa shape index (κ3) is 3.49. The van der Waals surface area contributed by atoms with E-state index in [1.54, 1.807) is 0 Å². The van der Waals surface area contributed by atoms with Crippen molar-refractivity contribution in [2.75, 3.05) is 0 Å². The van der Waals surface area contributed by atoms with Gasteiger partial charge < -0.3 is 4.74 Å². The van der Waals surface area contributed by atoms with Gasteiger partial charge in [-0.3, -0.25) is 0 Å². The first-order valence-electron chi connectivity index (χ1n) is 8.53. The standard InChI is InChI=1S/C16H22F8O/c17-11(18)15(21,22)13(7-3-1-4-8-13)25-14(9-5-2-6-10-14)16(23,24)12(19)20/h11-12H,1-10H2. The lowest BCUT2D eigenvalue weighted by atomic mass is 9.75. The summed E-state index contributed by atoms with van der Waals surface area (Å²) in [4.78, 5) is 0. The lowest BCUT2D eigenvalue weighted by Gasteiger charge is -2.52. The first-order valence-corrected chi connectivity index (χ1v) is 8.53. The Morgan fingerprint density at radius 2 is 0.840 bits per heavy atom. The molecule has 2 saturated carbocycles. The number of hydrogen-bond acceptors (Lipinski definition) is 1. The molecule has 25 heavy (non-hydrogen) atoms. The molecule has 0 aromatic heterocycles. The normalized spacial score (nSPS) is 24.7. The average molecular weight is 382 g/mol. The molecule has 0 aliphatic heterocycles. The topological polar surface area (TPSA) is 9.23 Å². The molecule has 148 valence electrons. The molecule has 0 aromatic rings. The Morgan fingerprint density at radius 1 is 0.560 bits per heavy atom. The van der Waals surface area contributed by atoms with E-state index >= 15 is 0 Å². The number of rotatable bonds is 6. The lowest BCUT2D eigenvalue weighted by molar-refractivity contribution is -0.358. The molecule has 0 heterocycles. The van der Waals surface area contributed by atoms with Gasteiger partial charge in [-0.15, -0.1) is 0 Å². The third-order valence-corrected chi connectivity index (χ3v) is 5.48. The minimum Gasteiger partial charge on any atom is -0.356 e. The van der Waals surface area contributed by atoms with Gasteiger partial charge >= 0.3 is 24.7 Å². The SMILES string of the molecule is FC(F)C(F)(F)C1(OC2(C(F)(F)C(F)F)CCCCC2)CCCCC1. The number of alkyl halides is 8. The van der Waals surface area contributed by atoms with Gasteiger partial charge in [0.2, 0.25) is 0 Å². The maximum absolute atomic E-state index is 14.3. The van der Waals surface area contributed by atoms with Gasteiger partial charge in [0.1, 0.15) is 11.2 Å². The van der Waals surface area contributed by atoms with Crippen LogP contribution in [0.4, 0.5) is 35.1 Å². The van der Waals surface area contributed by atoms with E-state index in [1.807, 2.05) is 0 Å². The van der Waals surface area contributed by atoms with Crippen molar-refractivity contribution in [1.82, 2.24) is 0 Å². The fourth-order valence-electron chi connectivity index (χ4n) is 4.02. The molecule has 0 aromatic carbocycles. The fourth-order valence-corrected chi connectivity index (χ4v) is 4.02. The fraction of sp³-hybridized carbons (Fsp3) is 1.00. The summed E-state index contributed by atoms with van der Waals surface area (Å²) in [7, 11) is 0. The smallest absolute Gasteiger partial charge is 0.335 e. The van der Waals surface area contributed by atoms with E-state index in [2.05, 4.69) is 0 Å². The van der Waals surface area contributed by atoms with Gasteiger partial charge in [0.05, 0.1) is 0 Å². The van der Waals surface area contributed by atoms with Crippen molar-refractivity contribution in [1.29, 1.82) is 0 Å². The summed E-state index contributed by atoms with van der Waals surface area (Å²) >= 11 is 0. The summed E-state index contributed by atoms with van der Waals surface area (Å²) in [5, 5.41) is 0. The number of ether oxygens (including phenoxy) is 1. The zero-order valence-electron chi connectivity index (χ0n) is 13.7. The maximum atomic E-state index is 14.3. The van der Waals surface area contributed by atoms with Crippen LogP contribution in [0.2, 0.25) is 0 Å². The molecule has 0 unspecified atom stereocenters. The van der Waals surface area contributed by atoms with Crippen LogP contribution in [0.15, 0.2) is 0 Å². The Labute approximate surface area is 141 Å². The summed E-state index contributed by atoms with van der Waals surface area (Å²) in [6.07, 6.45) is -9.11. The average Bonchev–Trinajstić information content (AvgIpc) is 2.56. The summed E-state index contributed by atoms with van der Waals surface area (Å²) in [5.74, 6) is -9.37. The van der Waals surface area contributed by atoms with Crippen LogP contribution in [-0.2, 0) is 4.74 Å². The van der Waals surface area contributed by atoms with Crippen molar-refractivity contribution in [2.45, 2.75) is 100 Å². The highest BCUT2D eigenvalue weighted by molar-refractivity contribution is 5.06. The Kier molecular flexibility index (Phi) is 5.96. The molecule has 2 aliphatic carbocycles. The lowest BCUT2D eigenvalue weighted by Crippen LogP contribution is -2.65. The zero-order chi connectivity index (χ0) is 18.9. The second-order valence-corrected chi connectivity index (χ2v) is 7.06. The molecule has 2 aliphatic rings. The zero-order valence-corrected chi connectivity index (χ0v) is 13.7. The molecule has 0 bridgehead atoms. The van der Waals surface area contributed by atoms with Crippen molar-refractivity contribution in [3.63, 3.8) is 0 Å². The van der Waals surface area contributed by atoms with Gasteiger partial charge in [0.15, 0.2) is 0 Å². The second kappa shape index (κ2) is 7.19. The third-order valence-electron chi connectivity index (χ3n) is 5.48. The number of hydrogen-bond donors (Lipinski definition) is 0. The largest absolute Gasteiger partial charge is 0.356 e. The van der Waals surface area contributed by atoms with E-state index in [0.29, 0.717) is 12.8 Å². The van der Waals surface area contributed by atoms with Crippen LogP contribution in [0, 0.1) is 0 Å². The Morgan fingerprint density at radius 3 is 1.08 bits per heavy atom. The van der Waals surface area contributed by atoms with E-state index in [0.717, 1.165) is 0 Å². The Bertz CT molecular complexity index is 399. The first kappa shape index (κ1) is 20.7. The van der Waals surface area contributed by atoms with Crippen LogP contribution in [0.25, 0.3) is 0 Å². The molecule has 0 radical (unpaired) electrons. The Balaban J connectivity index is 2.46. The van der Waals surface area contributed by atoms with Crippen LogP contribution in [0.3, 0.4) is 0 Å². The van der Waals surface area contributed by atoms with Gasteiger partial charge in [-0.1, -0.05) is 38.5 Å². The molecule has 0 atom stereocenters. The van der Waals surface area contributed by atoms with Gasteiger partial charge in [-0.2, -0.15) is 17.6 Å². The first-order chi connectivity index (χ1) is 11.5. The van der Waals surface area contributed by atoms with Crippen LogP contribution in [0.5, 0.6) is 0 Å². The van der Waals surface area contributed by atoms with E-state index in [1.165, 1.54) is 0 Å². The molecule has 0 N–H and O–H groups in total. The molecular formula is C16H22F8O. The van der Waals surface area contributed by atoms with Crippen LogP contribution >= 0.6 is 0 Å². The highest BCUT2D eigenvalue weighted by atomic mass is 19.3. The predicted octanol–water partition coefficient (Wildman–Crippen LogP) is 6.21. The molecule has 2 fully saturated rings. The van der Waals surface area contributed by atoms with E-state index < -0.39 is 61.6 Å². The highest BCUT2D eigenvalue weighted by Crippen LogP contribution is 2.55. The van der Waals surface area contributed by atoms with Crippen molar-refractivity contribution >= 4 is 0 Å². The molecule has 1 nitrogen and oxygen atoms in total. The summed E-state index contributed by atoms with van der Waals surface area (Å²) in [5.41, 5.74) is -5.68. The summed E-state index contributed by atoms with van der Waals surface area (Å²) in [6, 6.07) is 0. The van der Waals surface area contributed by atoms with Gasteiger partial charge in [-0.05, 0) is 25.7 Å². The van der Waals surface area contributed by atoms with Crippen molar-refractivity contribution in [3.8, 4) is 0 Å². The van der Waals surface area contributed by atoms with Crippen molar-refractivity contribution in [2.24, 2.45) is 0 Å².